The van der Waals surface area contributed by atoms with Crippen LogP contribution in [0.3, 0.4) is 0 Å². The van der Waals surface area contributed by atoms with E-state index >= 15 is 0 Å². The lowest BCUT2D eigenvalue weighted by atomic mass is 9.98. The van der Waals surface area contributed by atoms with E-state index in [-0.39, 0.29) is 4.90 Å². The molecule has 7 nitrogen and oxygen atoms in total. The molecule has 1 aliphatic rings. The Morgan fingerprint density at radius 3 is 2.29 bits per heavy atom. The molecule has 0 radical (unpaired) electrons. The SMILES string of the molecule is N#Cc1ccccc1-c1ccnc2c1cc(-c1ccc(N3CCOCC3)cc1)n2S(=O)(=O)c1ccccc1. The molecule has 1 aliphatic heterocycles. The van der Waals surface area contributed by atoms with Crippen LogP contribution in [0.2, 0.25) is 0 Å². The van der Waals surface area contributed by atoms with E-state index in [0.29, 0.717) is 35.5 Å². The Labute approximate surface area is 221 Å². The van der Waals surface area contributed by atoms with Crippen molar-refractivity contribution < 1.29 is 13.2 Å². The summed E-state index contributed by atoms with van der Waals surface area (Å²) in [6.45, 7) is 3.00. The summed E-state index contributed by atoms with van der Waals surface area (Å²) in [5, 5.41) is 10.4. The molecular weight excluding hydrogens is 496 g/mol. The van der Waals surface area contributed by atoms with E-state index in [4.69, 9.17) is 4.74 Å². The predicted octanol–water partition coefficient (Wildman–Crippen LogP) is 5.32. The molecule has 0 aliphatic carbocycles. The van der Waals surface area contributed by atoms with Gasteiger partial charge >= 0.3 is 0 Å². The molecule has 0 bridgehead atoms. The summed E-state index contributed by atoms with van der Waals surface area (Å²) in [4.78, 5) is 6.96. The van der Waals surface area contributed by atoms with Crippen LogP contribution in [0.4, 0.5) is 5.69 Å². The lowest BCUT2D eigenvalue weighted by Crippen LogP contribution is -2.36. The van der Waals surface area contributed by atoms with Gasteiger partial charge in [-0.3, -0.25) is 0 Å². The zero-order chi connectivity index (χ0) is 26.1. The Kier molecular flexibility index (Phi) is 6.16. The molecule has 188 valence electrons. The number of hydrogen-bond donors (Lipinski definition) is 0. The number of anilines is 1. The summed E-state index contributed by atoms with van der Waals surface area (Å²) in [6.07, 6.45) is 1.59. The van der Waals surface area contributed by atoms with Crippen LogP contribution in [0, 0.1) is 11.3 Å². The van der Waals surface area contributed by atoms with Crippen molar-refractivity contribution in [1.29, 1.82) is 5.26 Å². The van der Waals surface area contributed by atoms with Crippen molar-refractivity contribution in [1.82, 2.24) is 8.96 Å². The van der Waals surface area contributed by atoms with Crippen molar-refractivity contribution in [3.63, 3.8) is 0 Å². The number of ether oxygens (including phenoxy) is 1. The first-order chi connectivity index (χ1) is 18.6. The monoisotopic (exact) mass is 520 g/mol. The summed E-state index contributed by atoms with van der Waals surface area (Å²) < 4.78 is 34.9. The zero-order valence-corrected chi connectivity index (χ0v) is 21.3. The second-order valence-electron chi connectivity index (χ2n) is 9.01. The third-order valence-corrected chi connectivity index (χ3v) is 8.54. The third-order valence-electron chi connectivity index (χ3n) is 6.82. The minimum atomic E-state index is -3.98. The Morgan fingerprint density at radius 1 is 0.842 bits per heavy atom. The Hall–Kier alpha value is -4.45. The number of pyridine rings is 1. The minimum Gasteiger partial charge on any atom is -0.378 e. The van der Waals surface area contributed by atoms with E-state index in [1.807, 2.05) is 54.6 Å². The zero-order valence-electron chi connectivity index (χ0n) is 20.5. The van der Waals surface area contributed by atoms with Crippen molar-refractivity contribution in [2.45, 2.75) is 4.90 Å². The van der Waals surface area contributed by atoms with Gasteiger partial charge in [0.25, 0.3) is 10.0 Å². The van der Waals surface area contributed by atoms with Gasteiger partial charge in [-0.15, -0.1) is 0 Å². The minimum absolute atomic E-state index is 0.174. The van der Waals surface area contributed by atoms with Crippen molar-refractivity contribution in [3.05, 3.63) is 103 Å². The van der Waals surface area contributed by atoms with E-state index in [9.17, 15) is 13.7 Å². The molecule has 6 rings (SSSR count). The Balaban J connectivity index is 1.58. The number of aromatic nitrogens is 2. The number of rotatable bonds is 5. The maximum Gasteiger partial charge on any atom is 0.269 e. The molecule has 0 spiro atoms. The van der Waals surface area contributed by atoms with Crippen LogP contribution >= 0.6 is 0 Å². The largest absolute Gasteiger partial charge is 0.378 e. The standard InChI is InChI=1S/C30H24N4O3S/c31-21-23-6-4-5-9-26(23)27-14-15-32-30-28(27)20-29(34(30)38(35,36)25-7-2-1-3-8-25)22-10-12-24(13-11-22)33-16-18-37-19-17-33/h1-15,20H,16-19H2. The van der Waals surface area contributed by atoms with Crippen LogP contribution < -0.4 is 4.90 Å². The fourth-order valence-corrected chi connectivity index (χ4v) is 6.43. The van der Waals surface area contributed by atoms with E-state index in [1.165, 1.54) is 3.97 Å². The molecule has 0 unspecified atom stereocenters. The molecule has 0 N–H and O–H groups in total. The van der Waals surface area contributed by atoms with Gasteiger partial charge < -0.3 is 9.64 Å². The summed E-state index contributed by atoms with van der Waals surface area (Å²) in [6, 6.07) is 29.5. The Morgan fingerprint density at radius 2 is 1.55 bits per heavy atom. The van der Waals surface area contributed by atoms with Gasteiger partial charge in [0.05, 0.1) is 35.4 Å². The first kappa shape index (κ1) is 23.9. The number of morpholine rings is 1. The molecule has 3 aromatic carbocycles. The maximum absolute atomic E-state index is 14.0. The van der Waals surface area contributed by atoms with Crippen LogP contribution in [0.15, 0.2) is 102 Å². The fraction of sp³-hybridized carbons (Fsp3) is 0.133. The topological polar surface area (TPSA) is 88.2 Å². The number of hydrogen-bond acceptors (Lipinski definition) is 6. The second kappa shape index (κ2) is 9.78. The lowest BCUT2D eigenvalue weighted by Gasteiger charge is -2.28. The van der Waals surface area contributed by atoms with Gasteiger partial charge in [0, 0.05) is 35.9 Å². The van der Waals surface area contributed by atoms with Crippen LogP contribution in [-0.4, -0.2) is 43.7 Å². The molecule has 1 saturated heterocycles. The number of nitriles is 1. The fourth-order valence-electron chi connectivity index (χ4n) is 4.93. The summed E-state index contributed by atoms with van der Waals surface area (Å²) >= 11 is 0. The molecule has 38 heavy (non-hydrogen) atoms. The molecule has 1 fully saturated rings. The van der Waals surface area contributed by atoms with E-state index in [0.717, 1.165) is 35.5 Å². The van der Waals surface area contributed by atoms with E-state index < -0.39 is 10.0 Å². The first-order valence-corrected chi connectivity index (χ1v) is 13.8. The quantitative estimate of drug-likeness (QED) is 0.312. The van der Waals surface area contributed by atoms with E-state index in [1.54, 1.807) is 42.6 Å². The molecule has 5 aromatic rings. The molecule has 0 amide bonds. The number of benzene rings is 3. The van der Waals surface area contributed by atoms with Crippen LogP contribution in [0.1, 0.15) is 5.56 Å². The predicted molar refractivity (Wildman–Crippen MR) is 147 cm³/mol. The first-order valence-electron chi connectivity index (χ1n) is 12.3. The molecule has 8 heteroatoms. The molecule has 2 aromatic heterocycles. The van der Waals surface area contributed by atoms with Crippen LogP contribution in [-0.2, 0) is 14.8 Å². The second-order valence-corrected chi connectivity index (χ2v) is 10.8. The average molecular weight is 521 g/mol. The van der Waals surface area contributed by atoms with E-state index in [2.05, 4.69) is 16.0 Å². The molecule has 0 saturated carbocycles. The van der Waals surface area contributed by atoms with Crippen molar-refractivity contribution in [2.75, 3.05) is 31.2 Å². The number of fused-ring (bicyclic) bond motifs is 1. The van der Waals surface area contributed by atoms with Crippen LogP contribution in [0.25, 0.3) is 33.4 Å². The average Bonchev–Trinajstić information content (AvgIpc) is 3.39. The highest BCUT2D eigenvalue weighted by Gasteiger charge is 2.26. The molecular formula is C30H24N4O3S. The summed E-state index contributed by atoms with van der Waals surface area (Å²) in [7, 11) is -3.98. The van der Waals surface area contributed by atoms with Crippen molar-refractivity contribution in [3.8, 4) is 28.5 Å². The molecule has 3 heterocycles. The maximum atomic E-state index is 14.0. The third kappa shape index (κ3) is 4.12. The van der Waals surface area contributed by atoms with Crippen LogP contribution in [0.5, 0.6) is 0 Å². The van der Waals surface area contributed by atoms with Gasteiger partial charge in [-0.05, 0) is 53.6 Å². The number of nitrogens with zero attached hydrogens (tertiary/aromatic N) is 4. The summed E-state index contributed by atoms with van der Waals surface area (Å²) in [5.74, 6) is 0. The summed E-state index contributed by atoms with van der Waals surface area (Å²) in [5.41, 5.74) is 4.62. The van der Waals surface area contributed by atoms with Gasteiger partial charge in [0.1, 0.15) is 0 Å². The smallest absolute Gasteiger partial charge is 0.269 e. The van der Waals surface area contributed by atoms with Gasteiger partial charge in [-0.2, -0.15) is 5.26 Å². The molecule has 0 atom stereocenters. The van der Waals surface area contributed by atoms with Gasteiger partial charge in [0.15, 0.2) is 5.65 Å². The van der Waals surface area contributed by atoms with Gasteiger partial charge in [-0.25, -0.2) is 17.4 Å². The van der Waals surface area contributed by atoms with Crippen molar-refractivity contribution >= 4 is 26.7 Å². The highest BCUT2D eigenvalue weighted by Crippen LogP contribution is 2.37. The Bertz CT molecular complexity index is 1770. The van der Waals surface area contributed by atoms with Gasteiger partial charge in [-0.1, -0.05) is 48.5 Å². The van der Waals surface area contributed by atoms with Gasteiger partial charge in [0.2, 0.25) is 0 Å². The normalized spacial score (nSPS) is 13.9. The highest BCUT2D eigenvalue weighted by atomic mass is 32.2. The highest BCUT2D eigenvalue weighted by molar-refractivity contribution is 7.90. The lowest BCUT2D eigenvalue weighted by molar-refractivity contribution is 0.122. The van der Waals surface area contributed by atoms with Crippen molar-refractivity contribution in [2.24, 2.45) is 0 Å².